The van der Waals surface area contributed by atoms with Crippen LogP contribution in [0.2, 0.25) is 0 Å². The molecular weight excluding hydrogens is 301 g/mol. The molecule has 3 rings (SSSR count). The summed E-state index contributed by atoms with van der Waals surface area (Å²) < 4.78 is 15.8. The third kappa shape index (κ3) is 2.96. The summed E-state index contributed by atoms with van der Waals surface area (Å²) in [5, 5.41) is 13.4. The van der Waals surface area contributed by atoms with E-state index < -0.39 is 11.6 Å². The zero-order chi connectivity index (χ0) is 16.6. The number of amides is 1. The molecule has 2 heterocycles. The van der Waals surface area contributed by atoms with Gasteiger partial charge in [0.25, 0.3) is 5.91 Å². The summed E-state index contributed by atoms with van der Waals surface area (Å²) in [6, 6.07) is 0. The number of hydrogen-bond acceptors (Lipinski definition) is 3. The van der Waals surface area contributed by atoms with Gasteiger partial charge < -0.3 is 10.0 Å². The molecule has 1 aliphatic heterocycles. The van der Waals surface area contributed by atoms with Crippen LogP contribution in [0.3, 0.4) is 0 Å². The number of carbonyl (C=O) groups is 2. The van der Waals surface area contributed by atoms with Crippen molar-refractivity contribution >= 4 is 11.9 Å². The van der Waals surface area contributed by atoms with Gasteiger partial charge in [-0.25, -0.2) is 9.18 Å². The number of rotatable bonds is 3. The van der Waals surface area contributed by atoms with Crippen molar-refractivity contribution in [2.75, 3.05) is 13.1 Å². The van der Waals surface area contributed by atoms with E-state index in [-0.39, 0.29) is 31.3 Å². The van der Waals surface area contributed by atoms with Crippen LogP contribution in [-0.4, -0.2) is 50.4 Å². The number of carbonyl (C=O) groups excluding carboxylic acids is 1. The summed E-state index contributed by atoms with van der Waals surface area (Å²) in [7, 11) is 1.77. The SMILES string of the molecule is Cn1cc(C(=O)N2CCC(F)(C(=O)O)C2)c(C2CCCCC2)n1. The average molecular weight is 323 g/mol. The van der Waals surface area contributed by atoms with Gasteiger partial charge in [-0.05, 0) is 12.8 Å². The Hall–Kier alpha value is -1.92. The van der Waals surface area contributed by atoms with Crippen LogP contribution < -0.4 is 0 Å². The van der Waals surface area contributed by atoms with E-state index in [0.717, 1.165) is 31.4 Å². The van der Waals surface area contributed by atoms with E-state index in [1.54, 1.807) is 17.9 Å². The number of aliphatic carboxylic acids is 1. The van der Waals surface area contributed by atoms with Gasteiger partial charge in [0.15, 0.2) is 0 Å². The average Bonchev–Trinajstić information content (AvgIpc) is 3.12. The predicted molar refractivity (Wildman–Crippen MR) is 81.0 cm³/mol. The van der Waals surface area contributed by atoms with Gasteiger partial charge in [0.05, 0.1) is 17.8 Å². The summed E-state index contributed by atoms with van der Waals surface area (Å²) in [6.07, 6.45) is 7.01. The third-order valence-corrected chi connectivity index (χ3v) is 4.97. The summed E-state index contributed by atoms with van der Waals surface area (Å²) in [6.45, 7) is -0.263. The molecule has 0 bridgehead atoms. The Kier molecular flexibility index (Phi) is 4.12. The Bertz CT molecular complexity index is 624. The Labute approximate surface area is 134 Å². The number of alkyl halides is 1. The Morgan fingerprint density at radius 1 is 1.35 bits per heavy atom. The highest BCUT2D eigenvalue weighted by atomic mass is 19.1. The summed E-state index contributed by atoms with van der Waals surface area (Å²) in [5.41, 5.74) is -1.05. The molecule has 0 radical (unpaired) electrons. The van der Waals surface area contributed by atoms with E-state index in [1.807, 2.05) is 0 Å². The molecule has 0 spiro atoms. The van der Waals surface area contributed by atoms with Gasteiger partial charge in [-0.1, -0.05) is 19.3 Å². The normalized spacial score (nSPS) is 25.7. The number of aromatic nitrogens is 2. The lowest BCUT2D eigenvalue weighted by molar-refractivity contribution is -0.149. The van der Waals surface area contributed by atoms with E-state index in [2.05, 4.69) is 5.10 Å². The molecule has 1 amide bonds. The first-order valence-corrected chi connectivity index (χ1v) is 8.16. The van der Waals surface area contributed by atoms with Crippen LogP contribution in [0.25, 0.3) is 0 Å². The lowest BCUT2D eigenvalue weighted by Gasteiger charge is -2.22. The van der Waals surface area contributed by atoms with Crippen molar-refractivity contribution in [2.45, 2.75) is 50.1 Å². The van der Waals surface area contributed by atoms with Crippen molar-refractivity contribution in [3.63, 3.8) is 0 Å². The molecule has 0 aromatic carbocycles. The minimum Gasteiger partial charge on any atom is -0.479 e. The fourth-order valence-electron chi connectivity index (χ4n) is 3.64. The number of carboxylic acids is 1. The maximum absolute atomic E-state index is 14.2. The maximum atomic E-state index is 14.2. The lowest BCUT2D eigenvalue weighted by Crippen LogP contribution is -2.39. The lowest BCUT2D eigenvalue weighted by atomic mass is 9.85. The van der Waals surface area contributed by atoms with Gasteiger partial charge in [0.1, 0.15) is 0 Å². The molecule has 1 N–H and O–H groups in total. The monoisotopic (exact) mass is 323 g/mol. The molecule has 1 aromatic rings. The maximum Gasteiger partial charge on any atom is 0.343 e. The Morgan fingerprint density at radius 2 is 2.04 bits per heavy atom. The van der Waals surface area contributed by atoms with E-state index >= 15 is 0 Å². The van der Waals surface area contributed by atoms with Crippen molar-refractivity contribution in [3.8, 4) is 0 Å². The predicted octanol–water partition coefficient (Wildman–Crippen LogP) is 2.11. The minimum absolute atomic E-state index is 0.126. The summed E-state index contributed by atoms with van der Waals surface area (Å²) >= 11 is 0. The van der Waals surface area contributed by atoms with Crippen LogP contribution in [0.15, 0.2) is 6.20 Å². The molecule has 1 aliphatic carbocycles. The topological polar surface area (TPSA) is 75.4 Å². The largest absolute Gasteiger partial charge is 0.479 e. The van der Waals surface area contributed by atoms with Gasteiger partial charge in [-0.2, -0.15) is 5.10 Å². The number of hydrogen-bond donors (Lipinski definition) is 1. The molecule has 1 aromatic heterocycles. The van der Waals surface area contributed by atoms with Gasteiger partial charge in [-0.15, -0.1) is 0 Å². The van der Waals surface area contributed by atoms with Gasteiger partial charge in [0, 0.05) is 32.1 Å². The smallest absolute Gasteiger partial charge is 0.343 e. The first-order valence-electron chi connectivity index (χ1n) is 8.16. The molecule has 2 fully saturated rings. The Balaban J connectivity index is 1.82. The number of aryl methyl sites for hydroxylation is 1. The first kappa shape index (κ1) is 16.0. The van der Waals surface area contributed by atoms with Crippen molar-refractivity contribution in [1.82, 2.24) is 14.7 Å². The Morgan fingerprint density at radius 3 is 2.65 bits per heavy atom. The fourth-order valence-corrected chi connectivity index (χ4v) is 3.64. The molecule has 126 valence electrons. The van der Waals surface area contributed by atoms with Crippen molar-refractivity contribution < 1.29 is 19.1 Å². The number of likely N-dealkylation sites (tertiary alicyclic amines) is 1. The van der Waals surface area contributed by atoms with E-state index in [4.69, 9.17) is 5.11 Å². The highest BCUT2D eigenvalue weighted by Crippen LogP contribution is 2.35. The highest BCUT2D eigenvalue weighted by Gasteiger charge is 2.47. The molecule has 2 aliphatic rings. The molecule has 6 nitrogen and oxygen atoms in total. The summed E-state index contributed by atoms with van der Waals surface area (Å²) in [5.74, 6) is -1.54. The van der Waals surface area contributed by atoms with Crippen LogP contribution in [0.5, 0.6) is 0 Å². The van der Waals surface area contributed by atoms with E-state index in [1.165, 1.54) is 11.3 Å². The molecule has 1 saturated heterocycles. The van der Waals surface area contributed by atoms with Crippen LogP contribution in [-0.2, 0) is 11.8 Å². The first-order chi connectivity index (χ1) is 10.9. The molecule has 7 heteroatoms. The zero-order valence-electron chi connectivity index (χ0n) is 13.3. The van der Waals surface area contributed by atoms with Crippen LogP contribution in [0.4, 0.5) is 4.39 Å². The van der Waals surface area contributed by atoms with Crippen LogP contribution >= 0.6 is 0 Å². The minimum atomic E-state index is -2.33. The van der Waals surface area contributed by atoms with Crippen molar-refractivity contribution in [3.05, 3.63) is 17.5 Å². The molecular formula is C16H22FN3O3. The van der Waals surface area contributed by atoms with Crippen molar-refractivity contribution in [1.29, 1.82) is 0 Å². The van der Waals surface area contributed by atoms with E-state index in [9.17, 15) is 14.0 Å². The second-order valence-electron chi connectivity index (χ2n) is 6.68. The van der Waals surface area contributed by atoms with Gasteiger partial charge in [0.2, 0.25) is 5.67 Å². The quantitative estimate of drug-likeness (QED) is 0.924. The van der Waals surface area contributed by atoms with Gasteiger partial charge >= 0.3 is 5.97 Å². The highest BCUT2D eigenvalue weighted by molar-refractivity contribution is 5.96. The standard InChI is InChI=1S/C16H22FN3O3/c1-19-9-12(13(18-19)11-5-3-2-4-6-11)14(21)20-8-7-16(17,10-20)15(22)23/h9,11H,2-8,10H2,1H3,(H,22,23). The number of halogens is 1. The van der Waals surface area contributed by atoms with Crippen molar-refractivity contribution in [2.24, 2.45) is 7.05 Å². The number of nitrogens with zero attached hydrogens (tertiary/aromatic N) is 3. The number of carboxylic acid groups (broad SMARTS) is 1. The van der Waals surface area contributed by atoms with Crippen LogP contribution in [0.1, 0.15) is 60.5 Å². The zero-order valence-corrected chi connectivity index (χ0v) is 13.3. The molecule has 23 heavy (non-hydrogen) atoms. The van der Waals surface area contributed by atoms with Gasteiger partial charge in [-0.3, -0.25) is 9.48 Å². The second kappa shape index (κ2) is 5.94. The van der Waals surface area contributed by atoms with E-state index in [0.29, 0.717) is 5.56 Å². The molecule has 1 unspecified atom stereocenters. The fraction of sp³-hybridized carbons (Fsp3) is 0.688. The summed E-state index contributed by atoms with van der Waals surface area (Å²) in [4.78, 5) is 25.1. The van der Waals surface area contributed by atoms with Crippen LogP contribution in [0, 0.1) is 0 Å². The molecule has 1 saturated carbocycles. The third-order valence-electron chi connectivity index (χ3n) is 4.97. The second-order valence-corrected chi connectivity index (χ2v) is 6.68. The molecule has 1 atom stereocenters.